The van der Waals surface area contributed by atoms with Crippen LogP contribution in [-0.4, -0.2) is 112 Å². The molecule has 2 heterocycles. The van der Waals surface area contributed by atoms with Crippen molar-refractivity contribution in [1.29, 1.82) is 0 Å². The van der Waals surface area contributed by atoms with Gasteiger partial charge in [-0.3, -0.25) is 14.7 Å². The van der Waals surface area contributed by atoms with Crippen LogP contribution in [0, 0.1) is 0 Å². The van der Waals surface area contributed by atoms with E-state index >= 15 is 0 Å². The average Bonchev–Trinajstić information content (AvgIpc) is 2.73. The van der Waals surface area contributed by atoms with Crippen LogP contribution < -0.4 is 10.6 Å². The lowest BCUT2D eigenvalue weighted by atomic mass is 9.99. The maximum atomic E-state index is 12.0. The Morgan fingerprint density at radius 1 is 1.21 bits per heavy atom. The van der Waals surface area contributed by atoms with E-state index in [0.717, 1.165) is 71.3 Å². The first-order chi connectivity index (χ1) is 13.6. The summed E-state index contributed by atoms with van der Waals surface area (Å²) in [7, 11) is 1.64. The first-order valence-corrected chi connectivity index (χ1v) is 11.5. The van der Waals surface area contributed by atoms with Gasteiger partial charge in [0, 0.05) is 64.3 Å². The van der Waals surface area contributed by atoms with Crippen molar-refractivity contribution in [2.24, 2.45) is 4.99 Å². The van der Waals surface area contributed by atoms with Crippen molar-refractivity contribution in [3.05, 3.63) is 0 Å². The van der Waals surface area contributed by atoms with E-state index < -0.39 is 0 Å². The summed E-state index contributed by atoms with van der Waals surface area (Å²) < 4.78 is 10.7. The van der Waals surface area contributed by atoms with Crippen LogP contribution in [0.1, 0.15) is 19.8 Å². The number of piperazine rings is 1. The van der Waals surface area contributed by atoms with Crippen LogP contribution in [-0.2, 0) is 14.3 Å². The van der Waals surface area contributed by atoms with E-state index in [9.17, 15) is 4.79 Å². The maximum Gasteiger partial charge on any atom is 0.234 e. The number of hydrogen-bond acceptors (Lipinski definition) is 6. The van der Waals surface area contributed by atoms with Crippen molar-refractivity contribution in [3.63, 3.8) is 0 Å². The van der Waals surface area contributed by atoms with Gasteiger partial charge in [0.25, 0.3) is 0 Å². The molecular weight excluding hydrogens is 378 g/mol. The van der Waals surface area contributed by atoms with Crippen molar-refractivity contribution < 1.29 is 14.3 Å². The predicted molar refractivity (Wildman–Crippen MR) is 115 cm³/mol. The van der Waals surface area contributed by atoms with E-state index in [1.165, 1.54) is 0 Å². The number of amides is 1. The number of hydrogen-bond donors (Lipinski definition) is 2. The summed E-state index contributed by atoms with van der Waals surface area (Å²) in [4.78, 5) is 21.5. The van der Waals surface area contributed by atoms with E-state index in [0.29, 0.717) is 19.7 Å². The zero-order chi connectivity index (χ0) is 20.2. The molecule has 2 aliphatic rings. The van der Waals surface area contributed by atoms with Crippen LogP contribution in [0.2, 0.25) is 0 Å². The fourth-order valence-electron chi connectivity index (χ4n) is 3.48. The molecule has 162 valence electrons. The molecule has 0 atom stereocenters. The molecule has 2 rings (SSSR count). The highest BCUT2D eigenvalue weighted by molar-refractivity contribution is 8.00. The first-order valence-electron chi connectivity index (χ1n) is 10.3. The molecule has 0 bridgehead atoms. The highest BCUT2D eigenvalue weighted by Gasteiger charge is 2.32. The molecule has 2 fully saturated rings. The van der Waals surface area contributed by atoms with E-state index in [1.807, 2.05) is 11.8 Å². The van der Waals surface area contributed by atoms with Gasteiger partial charge < -0.3 is 25.0 Å². The maximum absolute atomic E-state index is 12.0. The third kappa shape index (κ3) is 7.42. The molecule has 9 heteroatoms. The number of carbonyl (C=O) groups excluding carboxylic acids is 1. The molecule has 2 aliphatic heterocycles. The van der Waals surface area contributed by atoms with Crippen molar-refractivity contribution >= 4 is 23.6 Å². The van der Waals surface area contributed by atoms with Crippen LogP contribution in [0.4, 0.5) is 0 Å². The van der Waals surface area contributed by atoms with Gasteiger partial charge in [0.1, 0.15) is 0 Å². The third-order valence-electron chi connectivity index (χ3n) is 5.36. The lowest BCUT2D eigenvalue weighted by Crippen LogP contribution is -2.54. The quantitative estimate of drug-likeness (QED) is 0.317. The summed E-state index contributed by atoms with van der Waals surface area (Å²) in [5.41, 5.74) is 0. The number of nitrogens with one attached hydrogen (secondary N) is 2. The molecule has 2 saturated heterocycles. The monoisotopic (exact) mass is 415 g/mol. The van der Waals surface area contributed by atoms with Crippen molar-refractivity contribution in [3.8, 4) is 0 Å². The number of ether oxygens (including phenoxy) is 2. The Kier molecular flexibility index (Phi) is 10.4. The average molecular weight is 416 g/mol. The molecule has 2 N–H and O–H groups in total. The predicted octanol–water partition coefficient (Wildman–Crippen LogP) is 0.244. The van der Waals surface area contributed by atoms with Crippen LogP contribution in [0.25, 0.3) is 0 Å². The number of nitrogens with zero attached hydrogens (tertiary/aromatic N) is 3. The molecule has 28 heavy (non-hydrogen) atoms. The summed E-state index contributed by atoms with van der Waals surface area (Å²) in [5, 5.41) is 6.33. The molecule has 8 nitrogen and oxygen atoms in total. The smallest absolute Gasteiger partial charge is 0.234 e. The van der Waals surface area contributed by atoms with Gasteiger partial charge in [-0.25, -0.2) is 0 Å². The van der Waals surface area contributed by atoms with Gasteiger partial charge in [0.05, 0.1) is 19.7 Å². The van der Waals surface area contributed by atoms with E-state index in [-0.39, 0.29) is 10.7 Å². The Balaban J connectivity index is 1.83. The van der Waals surface area contributed by atoms with Crippen molar-refractivity contribution in [1.82, 2.24) is 20.4 Å². The zero-order valence-electron chi connectivity index (χ0n) is 17.7. The van der Waals surface area contributed by atoms with E-state index in [4.69, 9.17) is 14.5 Å². The molecule has 0 saturated carbocycles. The highest BCUT2D eigenvalue weighted by atomic mass is 32.2. The Hall–Kier alpha value is -1.03. The second kappa shape index (κ2) is 12.5. The second-order valence-corrected chi connectivity index (χ2v) is 8.55. The van der Waals surface area contributed by atoms with Gasteiger partial charge in [0.2, 0.25) is 5.91 Å². The Bertz CT molecular complexity index is 492. The molecular formula is C19H37N5O3S. The van der Waals surface area contributed by atoms with Gasteiger partial charge >= 0.3 is 0 Å². The number of thioether (sulfide) groups is 1. The van der Waals surface area contributed by atoms with Gasteiger partial charge in [-0.15, -0.1) is 0 Å². The molecule has 0 unspecified atom stereocenters. The summed E-state index contributed by atoms with van der Waals surface area (Å²) in [6, 6.07) is 0. The number of guanidine groups is 1. The molecule has 0 aromatic heterocycles. The van der Waals surface area contributed by atoms with Crippen molar-refractivity contribution in [2.45, 2.75) is 24.5 Å². The second-order valence-electron chi connectivity index (χ2n) is 7.28. The Labute approximate surface area is 173 Å². The summed E-state index contributed by atoms with van der Waals surface area (Å²) >= 11 is 1.92. The van der Waals surface area contributed by atoms with Gasteiger partial charge in [-0.2, -0.15) is 11.8 Å². The minimum atomic E-state index is 0.0625. The highest BCUT2D eigenvalue weighted by Crippen LogP contribution is 2.34. The minimum Gasteiger partial charge on any atom is -0.383 e. The molecule has 0 radical (unpaired) electrons. The number of methoxy groups -OCH3 is 1. The molecule has 0 spiro atoms. The summed E-state index contributed by atoms with van der Waals surface area (Å²) in [6.45, 7) is 10.5. The van der Waals surface area contributed by atoms with E-state index in [2.05, 4.69) is 33.6 Å². The van der Waals surface area contributed by atoms with Crippen LogP contribution in [0.3, 0.4) is 0 Å². The first kappa shape index (κ1) is 23.3. The van der Waals surface area contributed by atoms with Gasteiger partial charge in [-0.05, 0) is 26.0 Å². The topological polar surface area (TPSA) is 78.4 Å². The van der Waals surface area contributed by atoms with Gasteiger partial charge in [0.15, 0.2) is 5.96 Å². The van der Waals surface area contributed by atoms with Crippen LogP contribution in [0.5, 0.6) is 0 Å². The largest absolute Gasteiger partial charge is 0.383 e. The van der Waals surface area contributed by atoms with Crippen LogP contribution in [0.15, 0.2) is 4.99 Å². The third-order valence-corrected chi connectivity index (χ3v) is 6.76. The van der Waals surface area contributed by atoms with E-state index in [1.54, 1.807) is 7.11 Å². The molecule has 0 aromatic rings. The lowest BCUT2D eigenvalue weighted by molar-refractivity contribution is -0.122. The SMILES string of the molecule is CCNC(=NCC1(SC)CCOCC1)N1CCN(CC(=O)NCCOC)CC1. The molecule has 0 aromatic carbocycles. The summed E-state index contributed by atoms with van der Waals surface area (Å²) in [6.07, 6.45) is 4.30. The standard InChI is InChI=1S/C19H37N5O3S/c1-4-20-18(22-16-19(28-3)5-12-27-13-6-19)24-10-8-23(9-11-24)15-17(25)21-7-14-26-2/h4-16H2,1-3H3,(H,20,22)(H,21,25). The number of rotatable bonds is 9. The molecule has 1 amide bonds. The Morgan fingerprint density at radius 3 is 2.54 bits per heavy atom. The normalized spacial score (nSPS) is 20.8. The number of carbonyl (C=O) groups is 1. The zero-order valence-corrected chi connectivity index (χ0v) is 18.5. The van der Waals surface area contributed by atoms with Gasteiger partial charge in [-0.1, -0.05) is 0 Å². The minimum absolute atomic E-state index is 0.0625. The fraction of sp³-hybridized carbons (Fsp3) is 0.895. The fourth-order valence-corrected chi connectivity index (χ4v) is 4.25. The lowest BCUT2D eigenvalue weighted by Gasteiger charge is -2.38. The van der Waals surface area contributed by atoms with Crippen LogP contribution >= 0.6 is 11.8 Å². The summed E-state index contributed by atoms with van der Waals surface area (Å²) in [5.74, 6) is 1.05. The Morgan fingerprint density at radius 2 is 1.93 bits per heavy atom. The number of aliphatic imine (C=N–C) groups is 1. The molecule has 0 aliphatic carbocycles. The van der Waals surface area contributed by atoms with Crippen molar-refractivity contribution in [2.75, 3.05) is 85.5 Å².